The molecule has 0 spiro atoms. The van der Waals surface area contributed by atoms with E-state index in [1.807, 2.05) is 19.1 Å². The van der Waals surface area contributed by atoms with Crippen LogP contribution in [0.25, 0.3) is 0 Å². The molecule has 132 valence electrons. The molecule has 1 aromatic heterocycles. The molecule has 6 heteroatoms. The summed E-state index contributed by atoms with van der Waals surface area (Å²) in [5.74, 6) is 0.852. The number of ketones is 1. The predicted octanol–water partition coefficient (Wildman–Crippen LogP) is 1.97. The molecule has 24 heavy (non-hydrogen) atoms. The monoisotopic (exact) mass is 333 g/mol. The highest BCUT2D eigenvalue weighted by Gasteiger charge is 2.49. The minimum Gasteiger partial charge on any atom is -0.379 e. The lowest BCUT2D eigenvalue weighted by molar-refractivity contribution is -0.121. The molecule has 2 fully saturated rings. The van der Waals surface area contributed by atoms with Crippen molar-refractivity contribution in [3.05, 3.63) is 23.9 Å². The van der Waals surface area contributed by atoms with E-state index >= 15 is 0 Å². The average molecular weight is 333 g/mol. The average Bonchev–Trinajstić information content (AvgIpc) is 2.58. The van der Waals surface area contributed by atoms with Gasteiger partial charge >= 0.3 is 0 Å². The number of Topliss-reactive ketones (excluding diaryl/α,β-unsaturated/α-hetero) is 1. The summed E-state index contributed by atoms with van der Waals surface area (Å²) >= 11 is 0. The van der Waals surface area contributed by atoms with E-state index in [0.29, 0.717) is 11.7 Å². The summed E-state index contributed by atoms with van der Waals surface area (Å²) in [6, 6.07) is 3.70. The van der Waals surface area contributed by atoms with Crippen molar-refractivity contribution in [1.82, 2.24) is 9.88 Å². The molecule has 1 aliphatic heterocycles. The molecule has 2 aliphatic rings. The van der Waals surface area contributed by atoms with Gasteiger partial charge in [0, 0.05) is 43.5 Å². The first-order chi connectivity index (χ1) is 11.6. The van der Waals surface area contributed by atoms with Crippen molar-refractivity contribution >= 4 is 11.6 Å². The fraction of sp³-hybridized carbons (Fsp3) is 0.667. The molecule has 1 aromatic rings. The lowest BCUT2D eigenvalue weighted by atomic mass is 9.72. The number of nitrogens with one attached hydrogen (secondary N) is 1. The van der Waals surface area contributed by atoms with Crippen molar-refractivity contribution in [2.45, 2.75) is 38.3 Å². The van der Waals surface area contributed by atoms with Gasteiger partial charge in [0.05, 0.1) is 19.3 Å². The van der Waals surface area contributed by atoms with Crippen LogP contribution in [-0.2, 0) is 9.47 Å². The van der Waals surface area contributed by atoms with E-state index < -0.39 is 0 Å². The second kappa shape index (κ2) is 7.59. The summed E-state index contributed by atoms with van der Waals surface area (Å²) in [5.41, 5.74) is 0.758. The first kappa shape index (κ1) is 17.3. The molecule has 0 bridgehead atoms. The van der Waals surface area contributed by atoms with Crippen LogP contribution in [0, 0.1) is 0 Å². The van der Waals surface area contributed by atoms with Gasteiger partial charge in [0.1, 0.15) is 5.82 Å². The van der Waals surface area contributed by atoms with Crippen LogP contribution in [0.1, 0.15) is 37.0 Å². The van der Waals surface area contributed by atoms with Crippen molar-refractivity contribution in [1.29, 1.82) is 0 Å². The Morgan fingerprint density at radius 1 is 1.42 bits per heavy atom. The Morgan fingerprint density at radius 2 is 2.17 bits per heavy atom. The van der Waals surface area contributed by atoms with Crippen molar-refractivity contribution in [2.75, 3.05) is 44.8 Å². The molecule has 0 radical (unpaired) electrons. The van der Waals surface area contributed by atoms with E-state index in [4.69, 9.17) is 9.47 Å². The van der Waals surface area contributed by atoms with E-state index in [-0.39, 0.29) is 11.3 Å². The number of morpholine rings is 1. The first-order valence-corrected chi connectivity index (χ1v) is 8.78. The number of pyridine rings is 1. The number of carbonyl (C=O) groups is 1. The molecule has 6 nitrogen and oxygen atoms in total. The zero-order chi connectivity index (χ0) is 17.0. The molecule has 1 saturated heterocycles. The molecule has 0 amide bonds. The van der Waals surface area contributed by atoms with Gasteiger partial charge < -0.3 is 14.8 Å². The van der Waals surface area contributed by atoms with Crippen LogP contribution in [0.4, 0.5) is 5.82 Å². The number of anilines is 1. The van der Waals surface area contributed by atoms with E-state index in [0.717, 1.165) is 58.1 Å². The van der Waals surface area contributed by atoms with E-state index in [9.17, 15) is 4.79 Å². The topological polar surface area (TPSA) is 63.7 Å². The van der Waals surface area contributed by atoms with Gasteiger partial charge in [-0.15, -0.1) is 0 Å². The Bertz CT molecular complexity index is 549. The van der Waals surface area contributed by atoms with Crippen LogP contribution in [0.3, 0.4) is 0 Å². The Morgan fingerprint density at radius 3 is 2.75 bits per heavy atom. The van der Waals surface area contributed by atoms with Crippen molar-refractivity contribution in [2.24, 2.45) is 0 Å². The Kier molecular flexibility index (Phi) is 5.48. The lowest BCUT2D eigenvalue weighted by Crippen LogP contribution is -2.65. The summed E-state index contributed by atoms with van der Waals surface area (Å²) < 4.78 is 11.3. The van der Waals surface area contributed by atoms with Gasteiger partial charge in [-0.25, -0.2) is 4.98 Å². The van der Waals surface area contributed by atoms with Gasteiger partial charge in [0.25, 0.3) is 0 Å². The highest BCUT2D eigenvalue weighted by atomic mass is 16.5. The quantitative estimate of drug-likeness (QED) is 0.770. The number of aromatic nitrogens is 1. The maximum Gasteiger partial charge on any atom is 0.161 e. The number of carbonyl (C=O) groups excluding carboxylic acids is 1. The highest BCUT2D eigenvalue weighted by molar-refractivity contribution is 5.93. The molecule has 3 rings (SSSR count). The first-order valence-electron chi connectivity index (χ1n) is 8.78. The zero-order valence-corrected chi connectivity index (χ0v) is 14.6. The van der Waals surface area contributed by atoms with Crippen LogP contribution in [0.2, 0.25) is 0 Å². The van der Waals surface area contributed by atoms with Gasteiger partial charge in [-0.2, -0.15) is 0 Å². The molecule has 2 heterocycles. The number of hydrogen-bond donors (Lipinski definition) is 1. The van der Waals surface area contributed by atoms with Gasteiger partial charge in [0.15, 0.2) is 5.78 Å². The summed E-state index contributed by atoms with van der Waals surface area (Å²) in [6.07, 6.45) is 4.07. The van der Waals surface area contributed by atoms with Crippen LogP contribution in [0.15, 0.2) is 18.3 Å². The van der Waals surface area contributed by atoms with Gasteiger partial charge in [0.2, 0.25) is 0 Å². The normalized spacial score (nSPS) is 27.5. The third kappa shape index (κ3) is 3.77. The van der Waals surface area contributed by atoms with Crippen LogP contribution < -0.4 is 5.32 Å². The molecule has 1 N–H and O–H groups in total. The van der Waals surface area contributed by atoms with Crippen molar-refractivity contribution < 1.29 is 14.3 Å². The minimum atomic E-state index is 0.0392. The van der Waals surface area contributed by atoms with Crippen molar-refractivity contribution in [3.63, 3.8) is 0 Å². The van der Waals surface area contributed by atoms with Crippen LogP contribution in [-0.4, -0.2) is 66.8 Å². The largest absolute Gasteiger partial charge is 0.379 e. The summed E-state index contributed by atoms with van der Waals surface area (Å²) in [6.45, 7) is 8.75. The van der Waals surface area contributed by atoms with Gasteiger partial charge in [-0.3, -0.25) is 9.69 Å². The molecule has 0 aromatic carbocycles. The number of nitrogens with zero attached hydrogens (tertiary/aromatic N) is 2. The second-order valence-corrected chi connectivity index (χ2v) is 6.65. The van der Waals surface area contributed by atoms with Gasteiger partial charge in [-0.1, -0.05) is 0 Å². The zero-order valence-electron chi connectivity index (χ0n) is 14.6. The smallest absolute Gasteiger partial charge is 0.161 e. The predicted molar refractivity (Wildman–Crippen MR) is 92.5 cm³/mol. The lowest BCUT2D eigenvalue weighted by Gasteiger charge is -2.55. The molecular formula is C18H27N3O3. The molecular weight excluding hydrogens is 306 g/mol. The molecule has 0 atom stereocenters. The molecule has 1 saturated carbocycles. The summed E-state index contributed by atoms with van der Waals surface area (Å²) in [4.78, 5) is 18.2. The highest BCUT2D eigenvalue weighted by Crippen LogP contribution is 2.40. The Labute approximate surface area is 143 Å². The number of ether oxygens (including phenoxy) is 2. The fourth-order valence-electron chi connectivity index (χ4n) is 3.66. The van der Waals surface area contributed by atoms with E-state index in [1.165, 1.54) is 0 Å². The summed E-state index contributed by atoms with van der Waals surface area (Å²) in [5, 5.41) is 3.45. The fourth-order valence-corrected chi connectivity index (χ4v) is 3.66. The Balaban J connectivity index is 1.62. The van der Waals surface area contributed by atoms with Crippen LogP contribution >= 0.6 is 0 Å². The van der Waals surface area contributed by atoms with E-state index in [2.05, 4.69) is 15.2 Å². The third-order valence-corrected chi connectivity index (χ3v) is 5.07. The maximum absolute atomic E-state index is 11.3. The third-order valence-electron chi connectivity index (χ3n) is 5.07. The Hall–Kier alpha value is -1.50. The van der Waals surface area contributed by atoms with Crippen LogP contribution in [0.5, 0.6) is 0 Å². The molecule has 1 aliphatic carbocycles. The van der Waals surface area contributed by atoms with Crippen molar-refractivity contribution in [3.8, 4) is 0 Å². The van der Waals surface area contributed by atoms with E-state index in [1.54, 1.807) is 13.1 Å². The SMILES string of the molecule is CCOC1CC(CNc2ccc(C(C)=O)cn2)(N2CCOCC2)C1. The minimum absolute atomic E-state index is 0.0392. The standard InChI is InChI=1S/C18H27N3O3/c1-3-24-16-10-18(11-16,21-6-8-23-9-7-21)13-20-17-5-4-15(12-19-17)14(2)22/h4-5,12,16H,3,6-11,13H2,1-2H3,(H,19,20). The summed E-state index contributed by atoms with van der Waals surface area (Å²) in [7, 11) is 0. The maximum atomic E-state index is 11.3. The number of rotatable bonds is 7. The second-order valence-electron chi connectivity index (χ2n) is 6.65. The van der Waals surface area contributed by atoms with Gasteiger partial charge in [-0.05, 0) is 38.8 Å². The number of hydrogen-bond acceptors (Lipinski definition) is 6. The molecule has 0 unspecified atom stereocenters.